The summed E-state index contributed by atoms with van der Waals surface area (Å²) in [6, 6.07) is 6.26. The third kappa shape index (κ3) is 1.98. The highest BCUT2D eigenvalue weighted by Gasteiger charge is 2.07. The van der Waals surface area contributed by atoms with Gasteiger partial charge < -0.3 is 5.73 Å². The topological polar surface area (TPSA) is 43.8 Å². The second kappa shape index (κ2) is 3.83. The number of aryl methyl sites for hydroxylation is 1. The van der Waals surface area contributed by atoms with E-state index >= 15 is 0 Å². The molecule has 0 bridgehead atoms. The normalized spacial score (nSPS) is 13.3. The van der Waals surface area contributed by atoms with E-state index in [1.807, 2.05) is 20.0 Å². The number of nitrogens with two attached hydrogens (primary N) is 1. The smallest absolute Gasteiger partial charge is 0.134 e. The minimum Gasteiger partial charge on any atom is -0.328 e. The quantitative estimate of drug-likeness (QED) is 0.848. The molecule has 1 unspecified atom stereocenters. The van der Waals surface area contributed by atoms with Crippen molar-refractivity contribution in [3.63, 3.8) is 0 Å². The van der Waals surface area contributed by atoms with Crippen LogP contribution in [-0.2, 0) is 13.5 Å². The van der Waals surface area contributed by atoms with E-state index in [2.05, 4.69) is 17.2 Å². The molecule has 1 heterocycles. The lowest BCUT2D eigenvalue weighted by Gasteiger charge is -2.04. The van der Waals surface area contributed by atoms with Gasteiger partial charge in [-0.2, -0.15) is 5.10 Å². The Morgan fingerprint density at radius 3 is 2.93 bits per heavy atom. The first-order valence-corrected chi connectivity index (χ1v) is 5.32. The Kier molecular flexibility index (Phi) is 2.67. The Balaban J connectivity index is 2.49. The van der Waals surface area contributed by atoms with E-state index in [4.69, 9.17) is 17.3 Å². The van der Waals surface area contributed by atoms with Crippen LogP contribution in [0.5, 0.6) is 0 Å². The van der Waals surface area contributed by atoms with Gasteiger partial charge in [0.1, 0.15) is 5.15 Å². The van der Waals surface area contributed by atoms with Crippen LogP contribution in [-0.4, -0.2) is 15.8 Å². The highest BCUT2D eigenvalue weighted by atomic mass is 35.5. The van der Waals surface area contributed by atoms with Crippen molar-refractivity contribution in [1.82, 2.24) is 9.78 Å². The van der Waals surface area contributed by atoms with Gasteiger partial charge in [-0.05, 0) is 31.0 Å². The van der Waals surface area contributed by atoms with Crippen LogP contribution < -0.4 is 5.73 Å². The van der Waals surface area contributed by atoms with Crippen LogP contribution in [0, 0.1) is 0 Å². The first-order chi connectivity index (χ1) is 7.08. The highest BCUT2D eigenvalue weighted by molar-refractivity contribution is 6.34. The summed E-state index contributed by atoms with van der Waals surface area (Å²) in [6.07, 6.45) is 0.862. The van der Waals surface area contributed by atoms with Crippen LogP contribution in [0.2, 0.25) is 5.15 Å². The summed E-state index contributed by atoms with van der Waals surface area (Å²) in [5.74, 6) is 0. The van der Waals surface area contributed by atoms with Gasteiger partial charge in [0.15, 0.2) is 0 Å². The SMILES string of the molecule is CC(N)Cc1ccc2nn(C)c(Cl)c2c1. The summed E-state index contributed by atoms with van der Waals surface area (Å²) < 4.78 is 1.68. The fourth-order valence-corrected chi connectivity index (χ4v) is 1.90. The van der Waals surface area contributed by atoms with Crippen molar-refractivity contribution in [3.05, 3.63) is 28.9 Å². The average molecular weight is 224 g/mol. The molecule has 1 aromatic heterocycles. The first-order valence-electron chi connectivity index (χ1n) is 4.94. The number of hydrogen-bond donors (Lipinski definition) is 1. The van der Waals surface area contributed by atoms with Crippen LogP contribution in [0.25, 0.3) is 10.9 Å². The molecule has 0 aliphatic rings. The molecule has 80 valence electrons. The van der Waals surface area contributed by atoms with E-state index in [-0.39, 0.29) is 6.04 Å². The number of aromatic nitrogens is 2. The molecule has 2 N–H and O–H groups in total. The maximum atomic E-state index is 6.12. The molecule has 0 saturated heterocycles. The lowest BCUT2D eigenvalue weighted by Crippen LogP contribution is -2.17. The van der Waals surface area contributed by atoms with Crippen LogP contribution in [0.4, 0.5) is 0 Å². The van der Waals surface area contributed by atoms with Crippen molar-refractivity contribution in [1.29, 1.82) is 0 Å². The molecular formula is C11H14ClN3. The molecule has 4 heteroatoms. The Morgan fingerprint density at radius 1 is 1.53 bits per heavy atom. The minimum absolute atomic E-state index is 0.165. The Morgan fingerprint density at radius 2 is 2.27 bits per heavy atom. The summed E-state index contributed by atoms with van der Waals surface area (Å²) in [6.45, 7) is 2.00. The van der Waals surface area contributed by atoms with Crippen molar-refractivity contribution in [2.24, 2.45) is 12.8 Å². The van der Waals surface area contributed by atoms with Crippen molar-refractivity contribution in [2.45, 2.75) is 19.4 Å². The number of benzene rings is 1. The molecule has 0 saturated carbocycles. The molecule has 2 aromatic rings. The zero-order valence-corrected chi connectivity index (χ0v) is 9.62. The van der Waals surface area contributed by atoms with Gasteiger partial charge in [0.2, 0.25) is 0 Å². The van der Waals surface area contributed by atoms with Gasteiger partial charge in [-0.1, -0.05) is 17.7 Å². The first kappa shape index (κ1) is 10.5. The Hall–Kier alpha value is -1.06. The molecule has 15 heavy (non-hydrogen) atoms. The van der Waals surface area contributed by atoms with E-state index in [9.17, 15) is 0 Å². The lowest BCUT2D eigenvalue weighted by atomic mass is 10.1. The second-order valence-electron chi connectivity index (χ2n) is 3.95. The number of rotatable bonds is 2. The second-order valence-corrected chi connectivity index (χ2v) is 4.31. The van der Waals surface area contributed by atoms with E-state index in [1.165, 1.54) is 5.56 Å². The van der Waals surface area contributed by atoms with Gasteiger partial charge in [0.05, 0.1) is 5.52 Å². The fourth-order valence-electron chi connectivity index (χ4n) is 1.71. The number of hydrogen-bond acceptors (Lipinski definition) is 2. The molecule has 0 amide bonds. The molecule has 0 fully saturated rings. The van der Waals surface area contributed by atoms with E-state index in [0.717, 1.165) is 17.3 Å². The van der Waals surface area contributed by atoms with Gasteiger partial charge in [-0.15, -0.1) is 0 Å². The van der Waals surface area contributed by atoms with Gasteiger partial charge in [0, 0.05) is 18.5 Å². The number of fused-ring (bicyclic) bond motifs is 1. The lowest BCUT2D eigenvalue weighted by molar-refractivity contribution is 0.739. The van der Waals surface area contributed by atoms with Crippen LogP contribution >= 0.6 is 11.6 Å². The van der Waals surface area contributed by atoms with Gasteiger partial charge in [-0.25, -0.2) is 0 Å². The summed E-state index contributed by atoms with van der Waals surface area (Å²) in [5, 5.41) is 5.96. The Bertz CT molecular complexity index is 488. The van der Waals surface area contributed by atoms with Crippen LogP contribution in [0.15, 0.2) is 18.2 Å². The third-order valence-electron chi connectivity index (χ3n) is 2.38. The highest BCUT2D eigenvalue weighted by Crippen LogP contribution is 2.23. The molecule has 0 aliphatic carbocycles. The molecule has 0 spiro atoms. The molecular weight excluding hydrogens is 210 g/mol. The molecule has 0 aliphatic heterocycles. The van der Waals surface area contributed by atoms with E-state index < -0.39 is 0 Å². The van der Waals surface area contributed by atoms with E-state index in [1.54, 1.807) is 4.68 Å². The van der Waals surface area contributed by atoms with Crippen molar-refractivity contribution in [2.75, 3.05) is 0 Å². The summed E-state index contributed by atoms with van der Waals surface area (Å²) in [4.78, 5) is 0. The predicted octanol–water partition coefficient (Wildman–Crippen LogP) is 2.12. The number of nitrogens with zero attached hydrogens (tertiary/aromatic N) is 2. The maximum Gasteiger partial charge on any atom is 0.134 e. The number of halogens is 1. The summed E-state index contributed by atoms with van der Waals surface area (Å²) >= 11 is 6.12. The Labute approximate surface area is 93.8 Å². The zero-order valence-electron chi connectivity index (χ0n) is 8.87. The summed E-state index contributed by atoms with van der Waals surface area (Å²) in [5.41, 5.74) is 7.89. The van der Waals surface area contributed by atoms with Gasteiger partial charge in [-0.3, -0.25) is 4.68 Å². The molecule has 2 rings (SSSR count). The van der Waals surface area contributed by atoms with Crippen molar-refractivity contribution in [3.8, 4) is 0 Å². The fraction of sp³-hybridized carbons (Fsp3) is 0.364. The van der Waals surface area contributed by atoms with Crippen molar-refractivity contribution < 1.29 is 0 Å². The van der Waals surface area contributed by atoms with Gasteiger partial charge >= 0.3 is 0 Å². The van der Waals surface area contributed by atoms with Crippen LogP contribution in [0.1, 0.15) is 12.5 Å². The summed E-state index contributed by atoms with van der Waals surface area (Å²) in [7, 11) is 1.84. The van der Waals surface area contributed by atoms with Crippen LogP contribution in [0.3, 0.4) is 0 Å². The zero-order chi connectivity index (χ0) is 11.0. The largest absolute Gasteiger partial charge is 0.328 e. The maximum absolute atomic E-state index is 6.12. The minimum atomic E-state index is 0.165. The molecule has 1 aromatic carbocycles. The third-order valence-corrected chi connectivity index (χ3v) is 2.83. The van der Waals surface area contributed by atoms with Gasteiger partial charge in [0.25, 0.3) is 0 Å². The average Bonchev–Trinajstić information content (AvgIpc) is 2.43. The standard InChI is InChI=1S/C11H14ClN3/c1-7(13)5-8-3-4-10-9(6-8)11(12)15(2)14-10/h3-4,6-7H,5,13H2,1-2H3. The predicted molar refractivity (Wildman–Crippen MR) is 63.1 cm³/mol. The molecule has 3 nitrogen and oxygen atoms in total. The monoisotopic (exact) mass is 223 g/mol. The molecule has 1 atom stereocenters. The van der Waals surface area contributed by atoms with Crippen molar-refractivity contribution >= 4 is 22.5 Å². The molecule has 0 radical (unpaired) electrons. The van der Waals surface area contributed by atoms with E-state index in [0.29, 0.717) is 5.15 Å².